The molecule has 2 fully saturated rings. The molecule has 0 aliphatic heterocycles. The fourth-order valence-electron chi connectivity index (χ4n) is 4.59. The van der Waals surface area contributed by atoms with Crippen molar-refractivity contribution in [1.29, 1.82) is 0 Å². The topological polar surface area (TPSA) is 17.1 Å². The molecule has 2 saturated carbocycles. The standard InChI is InChI=1S/C16H27IO/c1-10-9-12-7-6-8-15(3,4)13(12)14(17)16(10,5)11(2)18/h10,12-14H,6-9H2,1-5H3. The predicted molar refractivity (Wildman–Crippen MR) is 85.0 cm³/mol. The van der Waals surface area contributed by atoms with Crippen molar-refractivity contribution in [3.05, 3.63) is 0 Å². The van der Waals surface area contributed by atoms with Gasteiger partial charge in [0.1, 0.15) is 5.78 Å². The molecule has 2 heteroatoms. The molecular formula is C16H27IO. The number of rotatable bonds is 1. The Kier molecular flexibility index (Phi) is 3.90. The van der Waals surface area contributed by atoms with Crippen LogP contribution in [0.2, 0.25) is 0 Å². The van der Waals surface area contributed by atoms with Crippen molar-refractivity contribution < 1.29 is 4.79 Å². The molecule has 0 spiro atoms. The van der Waals surface area contributed by atoms with E-state index in [-0.39, 0.29) is 5.41 Å². The molecule has 0 N–H and O–H groups in total. The van der Waals surface area contributed by atoms with Crippen molar-refractivity contribution >= 4 is 28.4 Å². The van der Waals surface area contributed by atoms with E-state index >= 15 is 0 Å². The Bertz CT molecular complexity index is 349. The highest BCUT2D eigenvalue weighted by Gasteiger charge is 2.56. The van der Waals surface area contributed by atoms with Gasteiger partial charge in [0.25, 0.3) is 0 Å². The molecule has 0 amide bonds. The van der Waals surface area contributed by atoms with E-state index in [2.05, 4.69) is 50.3 Å². The molecule has 104 valence electrons. The number of fused-ring (bicyclic) bond motifs is 1. The van der Waals surface area contributed by atoms with Gasteiger partial charge in [-0.15, -0.1) is 0 Å². The molecule has 0 aromatic carbocycles. The number of alkyl halides is 1. The third-order valence-corrected chi connectivity index (χ3v) is 8.20. The van der Waals surface area contributed by atoms with Crippen molar-refractivity contribution in [1.82, 2.24) is 0 Å². The molecule has 0 aromatic rings. The summed E-state index contributed by atoms with van der Waals surface area (Å²) in [5, 5.41) is 0. The SMILES string of the molecule is CC(=O)C1(C)C(C)CC2CCCC(C)(C)C2C1I. The summed E-state index contributed by atoms with van der Waals surface area (Å²) >= 11 is 2.60. The Morgan fingerprint density at radius 2 is 1.89 bits per heavy atom. The van der Waals surface area contributed by atoms with Gasteiger partial charge in [-0.25, -0.2) is 0 Å². The number of hydrogen-bond donors (Lipinski definition) is 0. The van der Waals surface area contributed by atoms with Crippen LogP contribution in [0.25, 0.3) is 0 Å². The second-order valence-electron chi connectivity index (χ2n) is 7.54. The number of carbonyl (C=O) groups excluding carboxylic acids is 1. The molecule has 0 saturated heterocycles. The highest BCUT2D eigenvalue weighted by atomic mass is 127. The lowest BCUT2D eigenvalue weighted by molar-refractivity contribution is -0.134. The van der Waals surface area contributed by atoms with E-state index in [1.54, 1.807) is 6.92 Å². The van der Waals surface area contributed by atoms with E-state index in [0.29, 0.717) is 21.0 Å². The van der Waals surface area contributed by atoms with Gasteiger partial charge in [0.2, 0.25) is 0 Å². The molecule has 1 nitrogen and oxygen atoms in total. The van der Waals surface area contributed by atoms with Crippen LogP contribution in [-0.2, 0) is 4.79 Å². The Morgan fingerprint density at radius 1 is 1.28 bits per heavy atom. The summed E-state index contributed by atoms with van der Waals surface area (Å²) < 4.78 is 0.497. The van der Waals surface area contributed by atoms with Crippen molar-refractivity contribution in [2.24, 2.45) is 28.6 Å². The minimum absolute atomic E-state index is 0.115. The van der Waals surface area contributed by atoms with Crippen LogP contribution in [0.5, 0.6) is 0 Å². The second-order valence-corrected chi connectivity index (χ2v) is 8.89. The highest BCUT2D eigenvalue weighted by Crippen LogP contribution is 2.59. The van der Waals surface area contributed by atoms with Crippen molar-refractivity contribution in [2.45, 2.75) is 64.2 Å². The van der Waals surface area contributed by atoms with Gasteiger partial charge in [-0.2, -0.15) is 0 Å². The summed E-state index contributed by atoms with van der Waals surface area (Å²) in [6.45, 7) is 11.2. The quantitative estimate of drug-likeness (QED) is 0.481. The Hall–Kier alpha value is 0.400. The molecule has 0 radical (unpaired) electrons. The predicted octanol–water partition coefficient (Wildman–Crippen LogP) is 4.87. The number of hydrogen-bond acceptors (Lipinski definition) is 1. The van der Waals surface area contributed by atoms with Crippen molar-refractivity contribution in [3.63, 3.8) is 0 Å². The number of carbonyl (C=O) groups is 1. The van der Waals surface area contributed by atoms with E-state index in [4.69, 9.17) is 0 Å². The Balaban J connectivity index is 2.38. The van der Waals surface area contributed by atoms with Crippen LogP contribution in [-0.4, -0.2) is 9.71 Å². The van der Waals surface area contributed by atoms with Gasteiger partial charge in [-0.1, -0.05) is 63.1 Å². The van der Waals surface area contributed by atoms with Gasteiger partial charge in [-0.05, 0) is 42.9 Å². The number of ketones is 1. The lowest BCUT2D eigenvalue weighted by Crippen LogP contribution is -2.56. The fraction of sp³-hybridized carbons (Fsp3) is 0.938. The van der Waals surface area contributed by atoms with Crippen LogP contribution < -0.4 is 0 Å². The minimum atomic E-state index is -0.115. The number of halogens is 1. The van der Waals surface area contributed by atoms with Crippen LogP contribution in [0.1, 0.15) is 60.3 Å². The lowest BCUT2D eigenvalue weighted by Gasteiger charge is -2.57. The summed E-state index contributed by atoms with van der Waals surface area (Å²) in [6, 6.07) is 0. The maximum absolute atomic E-state index is 12.2. The van der Waals surface area contributed by atoms with Crippen LogP contribution in [0.3, 0.4) is 0 Å². The smallest absolute Gasteiger partial charge is 0.137 e. The first-order chi connectivity index (χ1) is 8.21. The summed E-state index contributed by atoms with van der Waals surface area (Å²) in [5.74, 6) is 2.50. The molecule has 5 atom stereocenters. The van der Waals surface area contributed by atoms with Crippen LogP contribution in [0, 0.1) is 28.6 Å². The first-order valence-corrected chi connectivity index (χ1v) is 8.61. The normalized spacial score (nSPS) is 47.4. The average molecular weight is 362 g/mol. The molecule has 2 rings (SSSR count). The maximum Gasteiger partial charge on any atom is 0.137 e. The average Bonchev–Trinajstić information content (AvgIpc) is 2.24. The zero-order valence-corrected chi connectivity index (χ0v) is 14.6. The van der Waals surface area contributed by atoms with Crippen LogP contribution in [0.4, 0.5) is 0 Å². The van der Waals surface area contributed by atoms with Gasteiger partial charge >= 0.3 is 0 Å². The first-order valence-electron chi connectivity index (χ1n) is 7.36. The molecule has 5 unspecified atom stereocenters. The van der Waals surface area contributed by atoms with Crippen LogP contribution in [0.15, 0.2) is 0 Å². The molecule has 2 aliphatic rings. The van der Waals surface area contributed by atoms with Gasteiger partial charge in [0.05, 0.1) is 0 Å². The molecule has 0 bridgehead atoms. The van der Waals surface area contributed by atoms with Crippen LogP contribution >= 0.6 is 22.6 Å². The summed E-state index contributed by atoms with van der Waals surface area (Å²) in [7, 11) is 0. The first kappa shape index (κ1) is 14.8. The Morgan fingerprint density at radius 3 is 2.44 bits per heavy atom. The molecular weight excluding hydrogens is 335 g/mol. The van der Waals surface area contributed by atoms with Gasteiger partial charge < -0.3 is 0 Å². The van der Waals surface area contributed by atoms with E-state index in [1.807, 2.05) is 0 Å². The monoisotopic (exact) mass is 362 g/mol. The summed E-state index contributed by atoms with van der Waals surface area (Å²) in [4.78, 5) is 12.2. The van der Waals surface area contributed by atoms with Gasteiger partial charge in [-0.3, -0.25) is 4.79 Å². The molecule has 18 heavy (non-hydrogen) atoms. The highest BCUT2D eigenvalue weighted by molar-refractivity contribution is 14.1. The lowest BCUT2D eigenvalue weighted by atomic mass is 9.50. The van der Waals surface area contributed by atoms with Gasteiger partial charge in [0.15, 0.2) is 0 Å². The maximum atomic E-state index is 12.2. The third-order valence-electron chi connectivity index (χ3n) is 6.13. The van der Waals surface area contributed by atoms with E-state index in [1.165, 1.54) is 25.7 Å². The minimum Gasteiger partial charge on any atom is -0.299 e. The fourth-order valence-corrected chi connectivity index (χ4v) is 7.20. The molecule has 0 heterocycles. The van der Waals surface area contributed by atoms with Crippen molar-refractivity contribution in [3.8, 4) is 0 Å². The third kappa shape index (κ3) is 2.06. The zero-order valence-electron chi connectivity index (χ0n) is 12.4. The van der Waals surface area contributed by atoms with E-state index < -0.39 is 0 Å². The molecule has 2 aliphatic carbocycles. The zero-order chi connectivity index (χ0) is 13.7. The second kappa shape index (κ2) is 4.75. The number of Topliss-reactive ketones (excluding diaryl/α,β-unsaturated/α-hetero) is 1. The van der Waals surface area contributed by atoms with Gasteiger partial charge in [0, 0.05) is 9.34 Å². The Labute approximate surface area is 126 Å². The van der Waals surface area contributed by atoms with E-state index in [9.17, 15) is 4.79 Å². The summed E-state index contributed by atoms with van der Waals surface area (Å²) in [5.41, 5.74) is 0.294. The van der Waals surface area contributed by atoms with E-state index in [0.717, 1.165) is 11.8 Å². The van der Waals surface area contributed by atoms with Crippen molar-refractivity contribution in [2.75, 3.05) is 0 Å². The summed E-state index contributed by atoms with van der Waals surface area (Å²) in [6.07, 6.45) is 5.34. The molecule has 0 aromatic heterocycles. The largest absolute Gasteiger partial charge is 0.299 e.